The first-order valence-electron chi connectivity index (χ1n) is 22.9. The minimum atomic E-state index is -2.35. The molecule has 1 aliphatic heterocycles. The Morgan fingerprint density at radius 2 is 1.59 bits per heavy atom. The van der Waals surface area contributed by atoms with Crippen LogP contribution in [0.25, 0.3) is 0 Å². The zero-order valence-electron chi connectivity index (χ0n) is 39.0. The van der Waals surface area contributed by atoms with Crippen LogP contribution in [0.15, 0.2) is 97.8 Å². The van der Waals surface area contributed by atoms with Crippen molar-refractivity contribution < 1.29 is 38.0 Å². The summed E-state index contributed by atoms with van der Waals surface area (Å²) < 4.78 is 43.8. The van der Waals surface area contributed by atoms with Gasteiger partial charge in [0.05, 0.1) is 24.9 Å². The van der Waals surface area contributed by atoms with Gasteiger partial charge >= 0.3 is 233 Å². The molecule has 2 rings (SSSR count). The Labute approximate surface area is 388 Å². The van der Waals surface area contributed by atoms with Gasteiger partial charge in [0.15, 0.2) is 0 Å². The number of hydrogen-bond donors (Lipinski definition) is 0. The third-order valence-corrected chi connectivity index (χ3v) is 26.0. The predicted molar refractivity (Wildman–Crippen MR) is 262 cm³/mol. The molecule has 342 valence electrons. The van der Waals surface area contributed by atoms with Crippen LogP contribution in [-0.2, 0) is 38.0 Å². The number of hydrogen-bond acceptors (Lipinski definition) is 8. The van der Waals surface area contributed by atoms with Gasteiger partial charge in [-0.05, 0) is 37.2 Å². The Morgan fingerprint density at radius 1 is 0.918 bits per heavy atom. The van der Waals surface area contributed by atoms with E-state index in [9.17, 15) is 9.59 Å². The maximum atomic E-state index is 13.1. The first-order valence-corrected chi connectivity index (χ1v) is 31.8. The molecule has 1 aromatic carbocycles. The molecular weight excluding hydrogens is 986 g/mol. The van der Waals surface area contributed by atoms with Crippen LogP contribution in [0.1, 0.15) is 131 Å². The molecule has 1 aliphatic rings. The van der Waals surface area contributed by atoms with Crippen molar-refractivity contribution in [3.05, 3.63) is 103 Å². The number of unbranched alkanes of at least 4 members (excludes halogenated alkanes) is 4. The topological polar surface area (TPSA) is 89.5 Å². The molecule has 0 aliphatic carbocycles. The maximum absolute atomic E-state index is 13.1. The summed E-state index contributed by atoms with van der Waals surface area (Å²) >= 11 is -0.201. The summed E-state index contributed by atoms with van der Waals surface area (Å²) in [6, 6.07) is 10.1. The van der Waals surface area contributed by atoms with Gasteiger partial charge in [0.2, 0.25) is 0 Å². The Morgan fingerprint density at radius 3 is 2.20 bits per heavy atom. The van der Waals surface area contributed by atoms with E-state index in [2.05, 4.69) is 78.7 Å². The van der Waals surface area contributed by atoms with E-state index in [-0.39, 0.29) is 36.8 Å². The van der Waals surface area contributed by atoms with Crippen LogP contribution in [0, 0.1) is 11.8 Å². The Bertz CT molecular complexity index is 1540. The molecule has 1 fully saturated rings. The molecule has 6 atom stereocenters. The number of rotatable bonds is 30. The fraction of sp³-hybridized carbons (Fsp3) is 0.608. The summed E-state index contributed by atoms with van der Waals surface area (Å²) in [5.74, 6) is -0.682. The number of ether oxygens (including phenoxy) is 6. The van der Waals surface area contributed by atoms with Crippen molar-refractivity contribution in [3.8, 4) is 0 Å². The second kappa shape index (κ2) is 32.6. The third kappa shape index (κ3) is 21.5. The molecule has 0 N–H and O–H groups in total. The molecule has 1 aromatic rings. The van der Waals surface area contributed by atoms with Gasteiger partial charge in [-0.3, -0.25) is 0 Å². The Hall–Kier alpha value is -2.03. The van der Waals surface area contributed by atoms with E-state index in [1.165, 1.54) is 64.5 Å². The van der Waals surface area contributed by atoms with Crippen LogP contribution in [-0.4, -0.2) is 76.2 Å². The Balaban J connectivity index is 2.09. The SMILES string of the molecule is CCC[CH2][Sn](/[CH]=C/C=C(C)/C=C/[C@@H]1O[C@H](c2ccccc2)OC[C@H]1CC/C=C(/C)C(=O)O[C@H](C)CCC/C=C(\C(=O)OC)[C@H](OCOC)[C@@H](C)/C=C/I)([CH2]CCC)[CH2]CCC. The molecule has 0 unspecified atom stereocenters. The molecule has 1 saturated heterocycles. The van der Waals surface area contributed by atoms with Crippen LogP contribution < -0.4 is 0 Å². The first kappa shape index (κ1) is 55.1. The van der Waals surface area contributed by atoms with Gasteiger partial charge in [0, 0.05) is 13.0 Å². The molecule has 61 heavy (non-hydrogen) atoms. The van der Waals surface area contributed by atoms with Crippen LogP contribution in [0.2, 0.25) is 13.3 Å². The average molecular weight is 1070 g/mol. The molecule has 0 spiro atoms. The van der Waals surface area contributed by atoms with E-state index in [1.54, 1.807) is 7.11 Å². The standard InChI is InChI=1S/C39H52IO8.3C4H9.Sn/c1-8-15-28(2)22-23-35-33(26-45-39(48-35)32-18-10-9-11-19-32)20-14-16-30(4)37(41)47-31(5)17-12-13-21-34(38(42)44-7)36(46-27-43-6)29(3)24-25-40;3*1-3-4-2;/h1,8-11,15-16,18-19,21-25,29,31,33,35-36,39H,12-14,17,20,26-27H2,2-7H3;3*1,3-4H2,2H3;/b8-1?,23-22+,25-24+,28-15+,30-16-,34-21-;;;;/t29-,31+,33+,35-,36+,39+;;;;/m0..../s1. The van der Waals surface area contributed by atoms with E-state index >= 15 is 0 Å². The summed E-state index contributed by atoms with van der Waals surface area (Å²) in [6.45, 7) is 15.5. The van der Waals surface area contributed by atoms with Crippen LogP contribution >= 0.6 is 22.6 Å². The summed E-state index contributed by atoms with van der Waals surface area (Å²) in [7, 11) is 2.92. The number of allylic oxidation sites excluding steroid dienone is 6. The molecule has 0 aromatic heterocycles. The monoisotopic (exact) mass is 1070 g/mol. The zero-order chi connectivity index (χ0) is 44.9. The Kier molecular flexibility index (Phi) is 29.4. The molecule has 10 heteroatoms. The molecule has 0 amide bonds. The fourth-order valence-electron chi connectivity index (χ4n) is 7.66. The fourth-order valence-corrected chi connectivity index (χ4v) is 22.4. The number of esters is 2. The number of methoxy groups -OCH3 is 2. The second-order valence-corrected chi connectivity index (χ2v) is 30.4. The van der Waals surface area contributed by atoms with Crippen molar-refractivity contribution >= 4 is 52.9 Å². The second-order valence-electron chi connectivity index (χ2n) is 16.7. The van der Waals surface area contributed by atoms with Crippen molar-refractivity contribution in [3.63, 3.8) is 0 Å². The van der Waals surface area contributed by atoms with Gasteiger partial charge in [0.1, 0.15) is 6.79 Å². The van der Waals surface area contributed by atoms with E-state index in [0.717, 1.165) is 18.4 Å². The van der Waals surface area contributed by atoms with Crippen molar-refractivity contribution in [2.45, 2.75) is 157 Å². The molecule has 8 nitrogen and oxygen atoms in total. The summed E-state index contributed by atoms with van der Waals surface area (Å²) in [5, 5.41) is 0. The number of carbonyl (C=O) groups is 2. The van der Waals surface area contributed by atoms with Crippen molar-refractivity contribution in [2.75, 3.05) is 27.6 Å². The van der Waals surface area contributed by atoms with Gasteiger partial charge < -0.3 is 18.9 Å². The van der Waals surface area contributed by atoms with E-state index in [4.69, 9.17) is 28.4 Å². The first-order chi connectivity index (χ1) is 29.5. The van der Waals surface area contributed by atoms with Gasteiger partial charge in [-0.15, -0.1) is 0 Å². The molecule has 0 radical (unpaired) electrons. The predicted octanol–water partition coefficient (Wildman–Crippen LogP) is 13.7. The van der Waals surface area contributed by atoms with Gasteiger partial charge in [-0.1, -0.05) is 47.7 Å². The minimum absolute atomic E-state index is 0.0577. The van der Waals surface area contributed by atoms with Crippen LogP contribution in [0.4, 0.5) is 0 Å². The van der Waals surface area contributed by atoms with Crippen molar-refractivity contribution in [1.29, 1.82) is 0 Å². The average Bonchev–Trinajstić information content (AvgIpc) is 3.27. The number of benzene rings is 1. The molecule has 1 heterocycles. The quantitative estimate of drug-likeness (QED) is 0.0143. The molecular formula is C51H79IO8Sn. The van der Waals surface area contributed by atoms with E-state index < -0.39 is 36.7 Å². The normalized spacial score (nSPS) is 19.8. The molecule has 0 bridgehead atoms. The third-order valence-electron chi connectivity index (χ3n) is 11.5. The molecule has 0 saturated carbocycles. The summed E-state index contributed by atoms with van der Waals surface area (Å²) in [4.78, 5) is 25.8. The van der Waals surface area contributed by atoms with Gasteiger partial charge in [-0.25, -0.2) is 9.59 Å². The van der Waals surface area contributed by atoms with Gasteiger partial charge in [-0.2, -0.15) is 0 Å². The van der Waals surface area contributed by atoms with E-state index in [1.807, 2.05) is 73.4 Å². The van der Waals surface area contributed by atoms with E-state index in [0.29, 0.717) is 37.0 Å². The number of carbonyl (C=O) groups excluding carboxylic acids is 2. The summed E-state index contributed by atoms with van der Waals surface area (Å²) in [6.07, 6.45) is 25.0. The van der Waals surface area contributed by atoms with Crippen LogP contribution in [0.5, 0.6) is 0 Å². The summed E-state index contributed by atoms with van der Waals surface area (Å²) in [5.41, 5.74) is 3.27. The van der Waals surface area contributed by atoms with Gasteiger partial charge in [0.25, 0.3) is 0 Å². The zero-order valence-corrected chi connectivity index (χ0v) is 44.0. The van der Waals surface area contributed by atoms with Crippen molar-refractivity contribution in [2.24, 2.45) is 11.8 Å². The van der Waals surface area contributed by atoms with Crippen LogP contribution in [0.3, 0.4) is 0 Å². The number of halogens is 1. The van der Waals surface area contributed by atoms with Crippen molar-refractivity contribution in [1.82, 2.24) is 0 Å².